The number of carbonyl (C=O) groups is 1. The lowest BCUT2D eigenvalue weighted by molar-refractivity contribution is -0.131. The van der Waals surface area contributed by atoms with Crippen LogP contribution in [-0.2, 0) is 4.79 Å². The van der Waals surface area contributed by atoms with Gasteiger partial charge >= 0.3 is 5.97 Å². The van der Waals surface area contributed by atoms with E-state index in [2.05, 4.69) is 24.3 Å². The molecule has 102 valence electrons. The zero-order chi connectivity index (χ0) is 14.4. The maximum Gasteiger partial charge on any atom is 0.328 e. The zero-order valence-electron chi connectivity index (χ0n) is 11.4. The van der Waals surface area contributed by atoms with Gasteiger partial charge < -0.3 is 10.0 Å². The third kappa shape index (κ3) is 3.72. The number of carboxylic acid groups (broad SMARTS) is 1. The van der Waals surface area contributed by atoms with Crippen molar-refractivity contribution in [1.29, 1.82) is 0 Å². The van der Waals surface area contributed by atoms with Crippen LogP contribution in [0.1, 0.15) is 0 Å². The Bertz CT molecular complexity index is 588. The number of rotatable bonds is 5. The lowest BCUT2D eigenvalue weighted by Gasteiger charge is -2.17. The summed E-state index contributed by atoms with van der Waals surface area (Å²) in [5.41, 5.74) is 3.41. The van der Waals surface area contributed by atoms with Crippen LogP contribution in [-0.4, -0.2) is 24.7 Å². The smallest absolute Gasteiger partial charge is 0.328 e. The molecular weight excluding hydrogens is 250 g/mol. The van der Waals surface area contributed by atoms with Crippen LogP contribution < -0.4 is 4.90 Å². The van der Waals surface area contributed by atoms with E-state index in [0.717, 1.165) is 11.8 Å². The number of benzene rings is 2. The highest BCUT2D eigenvalue weighted by Crippen LogP contribution is 2.22. The lowest BCUT2D eigenvalue weighted by atomic mass is 10.1. The van der Waals surface area contributed by atoms with Gasteiger partial charge in [0.25, 0.3) is 0 Å². The molecule has 2 aromatic rings. The quantitative estimate of drug-likeness (QED) is 0.844. The Morgan fingerprint density at radius 3 is 2.25 bits per heavy atom. The number of carboxylic acids is 1. The molecule has 0 saturated carbocycles. The summed E-state index contributed by atoms with van der Waals surface area (Å²) in [4.78, 5) is 12.4. The molecule has 2 rings (SSSR count). The van der Waals surface area contributed by atoms with Crippen molar-refractivity contribution in [1.82, 2.24) is 0 Å². The van der Waals surface area contributed by atoms with E-state index in [-0.39, 0.29) is 0 Å². The second kappa shape index (κ2) is 6.57. The van der Waals surface area contributed by atoms with Crippen molar-refractivity contribution in [3.63, 3.8) is 0 Å². The van der Waals surface area contributed by atoms with E-state index in [0.29, 0.717) is 6.54 Å². The van der Waals surface area contributed by atoms with Crippen LogP contribution in [0.4, 0.5) is 5.69 Å². The van der Waals surface area contributed by atoms with Crippen molar-refractivity contribution in [3.05, 3.63) is 66.7 Å². The fourth-order valence-electron chi connectivity index (χ4n) is 1.96. The Kier molecular flexibility index (Phi) is 4.56. The molecule has 0 aliphatic rings. The predicted octanol–water partition coefficient (Wildman–Crippen LogP) is 3.43. The summed E-state index contributed by atoms with van der Waals surface area (Å²) >= 11 is 0. The molecule has 2 aromatic carbocycles. The van der Waals surface area contributed by atoms with E-state index in [4.69, 9.17) is 5.11 Å². The summed E-state index contributed by atoms with van der Waals surface area (Å²) in [6.07, 6.45) is 2.79. The molecule has 0 saturated heterocycles. The Morgan fingerprint density at radius 2 is 1.65 bits per heavy atom. The normalized spacial score (nSPS) is 10.7. The minimum atomic E-state index is -0.919. The van der Waals surface area contributed by atoms with Crippen LogP contribution in [0.15, 0.2) is 66.7 Å². The number of hydrogen-bond acceptors (Lipinski definition) is 2. The molecule has 0 amide bonds. The lowest BCUT2D eigenvalue weighted by Crippen LogP contribution is -2.16. The van der Waals surface area contributed by atoms with E-state index in [9.17, 15) is 4.79 Å². The molecule has 0 aromatic heterocycles. The SMILES string of the molecule is CN(C/C=C/C(=O)O)c1ccc(-c2ccccc2)cc1. The summed E-state index contributed by atoms with van der Waals surface area (Å²) in [6, 6.07) is 18.4. The van der Waals surface area contributed by atoms with E-state index < -0.39 is 5.97 Å². The highest BCUT2D eigenvalue weighted by molar-refractivity contribution is 5.79. The first kappa shape index (κ1) is 13.9. The monoisotopic (exact) mass is 267 g/mol. The van der Waals surface area contributed by atoms with Gasteiger partial charge in [-0.1, -0.05) is 48.5 Å². The molecule has 0 unspecified atom stereocenters. The maximum atomic E-state index is 10.4. The molecule has 3 heteroatoms. The van der Waals surface area contributed by atoms with Gasteiger partial charge in [-0.25, -0.2) is 4.79 Å². The van der Waals surface area contributed by atoms with Gasteiger partial charge in [-0.15, -0.1) is 0 Å². The summed E-state index contributed by atoms with van der Waals surface area (Å²) in [6.45, 7) is 0.566. The third-order valence-corrected chi connectivity index (χ3v) is 3.05. The first-order valence-corrected chi connectivity index (χ1v) is 6.43. The summed E-state index contributed by atoms with van der Waals surface area (Å²) in [5.74, 6) is -0.919. The van der Waals surface area contributed by atoms with E-state index >= 15 is 0 Å². The second-order valence-corrected chi connectivity index (χ2v) is 4.53. The number of likely N-dealkylation sites (N-methyl/N-ethyl adjacent to an activating group) is 1. The Balaban J connectivity index is 2.06. The molecule has 0 bridgehead atoms. The Labute approximate surface area is 118 Å². The number of nitrogens with zero attached hydrogens (tertiary/aromatic N) is 1. The molecule has 0 fully saturated rings. The van der Waals surface area contributed by atoms with Crippen molar-refractivity contribution in [2.24, 2.45) is 0 Å². The summed E-state index contributed by atoms with van der Waals surface area (Å²) in [5, 5.41) is 8.55. The van der Waals surface area contributed by atoms with Crippen molar-refractivity contribution in [2.75, 3.05) is 18.5 Å². The summed E-state index contributed by atoms with van der Waals surface area (Å²) in [7, 11) is 1.93. The van der Waals surface area contributed by atoms with Gasteiger partial charge in [0.1, 0.15) is 0 Å². The predicted molar refractivity (Wildman–Crippen MR) is 81.9 cm³/mol. The van der Waals surface area contributed by atoms with Crippen molar-refractivity contribution in [2.45, 2.75) is 0 Å². The minimum Gasteiger partial charge on any atom is -0.478 e. The van der Waals surface area contributed by atoms with Gasteiger partial charge in [-0.3, -0.25) is 0 Å². The molecule has 0 atom stereocenters. The summed E-state index contributed by atoms with van der Waals surface area (Å²) < 4.78 is 0. The molecule has 0 heterocycles. The highest BCUT2D eigenvalue weighted by Gasteiger charge is 2.00. The van der Waals surface area contributed by atoms with Gasteiger partial charge in [-0.2, -0.15) is 0 Å². The van der Waals surface area contributed by atoms with E-state index in [1.165, 1.54) is 11.1 Å². The maximum absolute atomic E-state index is 10.4. The first-order valence-electron chi connectivity index (χ1n) is 6.43. The zero-order valence-corrected chi connectivity index (χ0v) is 11.4. The first-order chi connectivity index (χ1) is 9.66. The van der Waals surface area contributed by atoms with E-state index in [1.807, 2.05) is 42.3 Å². The van der Waals surface area contributed by atoms with Crippen LogP contribution >= 0.6 is 0 Å². The van der Waals surface area contributed by atoms with Crippen LogP contribution in [0.3, 0.4) is 0 Å². The standard InChI is InChI=1S/C17H17NO2/c1-18(13-5-8-17(19)20)16-11-9-15(10-12-16)14-6-3-2-4-7-14/h2-12H,13H2,1H3,(H,19,20)/b8-5+. The molecular formula is C17H17NO2. The van der Waals surface area contributed by atoms with Crippen molar-refractivity contribution < 1.29 is 9.90 Å². The third-order valence-electron chi connectivity index (χ3n) is 3.05. The van der Waals surface area contributed by atoms with Gasteiger partial charge in [0.2, 0.25) is 0 Å². The number of aliphatic carboxylic acids is 1. The fraction of sp³-hybridized carbons (Fsp3) is 0.118. The fourth-order valence-corrected chi connectivity index (χ4v) is 1.96. The molecule has 0 spiro atoms. The van der Waals surface area contributed by atoms with Gasteiger partial charge in [0.05, 0.1) is 0 Å². The van der Waals surface area contributed by atoms with Crippen LogP contribution in [0.25, 0.3) is 11.1 Å². The molecule has 20 heavy (non-hydrogen) atoms. The molecule has 0 radical (unpaired) electrons. The Hall–Kier alpha value is -2.55. The van der Waals surface area contributed by atoms with Crippen molar-refractivity contribution >= 4 is 11.7 Å². The van der Waals surface area contributed by atoms with Crippen LogP contribution in [0, 0.1) is 0 Å². The molecule has 0 aliphatic heterocycles. The molecule has 3 nitrogen and oxygen atoms in total. The molecule has 1 N–H and O–H groups in total. The second-order valence-electron chi connectivity index (χ2n) is 4.53. The largest absolute Gasteiger partial charge is 0.478 e. The van der Waals surface area contributed by atoms with Crippen LogP contribution in [0.2, 0.25) is 0 Å². The Morgan fingerprint density at radius 1 is 1.05 bits per heavy atom. The van der Waals surface area contributed by atoms with Gasteiger partial charge in [0.15, 0.2) is 0 Å². The average molecular weight is 267 g/mol. The minimum absolute atomic E-state index is 0.566. The van der Waals surface area contributed by atoms with Gasteiger partial charge in [0, 0.05) is 25.4 Å². The molecule has 0 aliphatic carbocycles. The number of anilines is 1. The topological polar surface area (TPSA) is 40.5 Å². The van der Waals surface area contributed by atoms with Crippen molar-refractivity contribution in [3.8, 4) is 11.1 Å². The highest BCUT2D eigenvalue weighted by atomic mass is 16.4. The van der Waals surface area contributed by atoms with Gasteiger partial charge in [-0.05, 0) is 23.3 Å². The average Bonchev–Trinajstić information content (AvgIpc) is 2.48. The van der Waals surface area contributed by atoms with E-state index in [1.54, 1.807) is 6.08 Å². The number of hydrogen-bond donors (Lipinski definition) is 1. The van der Waals surface area contributed by atoms with Crippen LogP contribution in [0.5, 0.6) is 0 Å².